The van der Waals surface area contributed by atoms with E-state index in [1.165, 1.54) is 9.21 Å². The maximum absolute atomic E-state index is 13.7. The second-order valence-electron chi connectivity index (χ2n) is 11.6. The van der Waals surface area contributed by atoms with Crippen molar-refractivity contribution >= 4 is 44.5 Å². The molecule has 3 aromatic carbocycles. The summed E-state index contributed by atoms with van der Waals surface area (Å²) in [5.41, 5.74) is 5.23. The average Bonchev–Trinajstić information content (AvgIpc) is 3.50. The van der Waals surface area contributed by atoms with Crippen LogP contribution in [0.2, 0.25) is 0 Å². The molecule has 11 nitrogen and oxygen atoms in total. The van der Waals surface area contributed by atoms with Gasteiger partial charge in [0, 0.05) is 31.6 Å². The highest BCUT2D eigenvalue weighted by Gasteiger charge is 2.32. The van der Waals surface area contributed by atoms with Crippen LogP contribution in [-0.4, -0.2) is 88.6 Å². The summed E-state index contributed by atoms with van der Waals surface area (Å²) in [5, 5.41) is 0.651. The molecule has 12 heteroatoms. The summed E-state index contributed by atoms with van der Waals surface area (Å²) in [7, 11) is 1.00. The first kappa shape index (κ1) is 33.0. The van der Waals surface area contributed by atoms with Crippen LogP contribution in [0, 0.1) is 6.92 Å². The molecular formula is C36H37N3O8S. The third-order valence-electron chi connectivity index (χ3n) is 8.75. The van der Waals surface area contributed by atoms with Crippen molar-refractivity contribution in [1.82, 2.24) is 14.2 Å². The van der Waals surface area contributed by atoms with Gasteiger partial charge in [-0.1, -0.05) is 35.9 Å². The number of aryl methyl sites for hydroxylation is 1. The van der Waals surface area contributed by atoms with Gasteiger partial charge in [-0.25, -0.2) is 18.2 Å². The fraction of sp³-hybridized carbons (Fsp3) is 0.306. The molecule has 1 aliphatic heterocycles. The van der Waals surface area contributed by atoms with E-state index in [4.69, 9.17) is 23.9 Å². The maximum Gasteiger partial charge on any atom is 0.339 e. The molecule has 6 rings (SSSR count). The summed E-state index contributed by atoms with van der Waals surface area (Å²) in [5.74, 6) is 0.557. The molecule has 250 valence electrons. The Hall–Kier alpha value is -4.94. The number of aromatic nitrogens is 1. The molecule has 0 spiro atoms. The normalized spacial score (nSPS) is 15.8. The molecule has 0 atom stereocenters. The SMILES string of the molecule is COc1cc(/C=C2/CCc3c2nc2ccccc2c3C(=O)OCC(=O)N2CCN(S(=O)(=O)c3ccc(C)cc3)CC2)cc(OC)c1OC. The predicted octanol–water partition coefficient (Wildman–Crippen LogP) is 4.75. The maximum atomic E-state index is 13.7. The zero-order valence-corrected chi connectivity index (χ0v) is 28.1. The van der Waals surface area contributed by atoms with Gasteiger partial charge in [-0.05, 0) is 72.9 Å². The van der Waals surface area contributed by atoms with Crippen molar-refractivity contribution < 1.29 is 37.0 Å². The lowest BCUT2D eigenvalue weighted by atomic mass is 10.0. The summed E-state index contributed by atoms with van der Waals surface area (Å²) in [6.45, 7) is 2.14. The molecule has 0 unspecified atom stereocenters. The monoisotopic (exact) mass is 671 g/mol. The van der Waals surface area contributed by atoms with E-state index >= 15 is 0 Å². The van der Waals surface area contributed by atoms with Gasteiger partial charge >= 0.3 is 5.97 Å². The highest BCUT2D eigenvalue weighted by atomic mass is 32.2. The average molecular weight is 672 g/mol. The van der Waals surface area contributed by atoms with Crippen LogP contribution in [0.25, 0.3) is 22.6 Å². The number of sulfonamides is 1. The van der Waals surface area contributed by atoms with Crippen LogP contribution in [0.1, 0.15) is 39.2 Å². The summed E-state index contributed by atoms with van der Waals surface area (Å²) < 4.78 is 49.7. The second kappa shape index (κ2) is 13.7. The number of carbonyl (C=O) groups excluding carboxylic acids is 2. The first-order valence-corrected chi connectivity index (χ1v) is 17.0. The molecule has 4 aromatic rings. The lowest BCUT2D eigenvalue weighted by Gasteiger charge is -2.33. The lowest BCUT2D eigenvalue weighted by Crippen LogP contribution is -2.51. The predicted molar refractivity (Wildman–Crippen MR) is 181 cm³/mol. The van der Waals surface area contributed by atoms with Crippen LogP contribution in [0.3, 0.4) is 0 Å². The third kappa shape index (κ3) is 6.33. The lowest BCUT2D eigenvalue weighted by molar-refractivity contribution is -0.135. The van der Waals surface area contributed by atoms with Crippen molar-refractivity contribution in [2.24, 2.45) is 0 Å². The fourth-order valence-corrected chi connectivity index (χ4v) is 7.65. The van der Waals surface area contributed by atoms with E-state index < -0.39 is 22.6 Å². The molecule has 1 amide bonds. The summed E-state index contributed by atoms with van der Waals surface area (Å²) in [6, 6.07) is 17.8. The van der Waals surface area contributed by atoms with Gasteiger partial charge in [0.05, 0.1) is 43.0 Å². The topological polar surface area (TPSA) is 125 Å². The molecule has 0 N–H and O–H groups in total. The standard InChI is InChI=1S/C36H37N3O8S/c1-23-9-12-26(13-10-23)48(42,43)39-17-15-38(16-18-39)32(40)22-47-36(41)33-27-7-5-6-8-29(27)37-34-25(11-14-28(33)34)19-24-20-30(44-2)35(46-4)31(21-24)45-3/h5-10,12-13,19-21H,11,14-18,22H2,1-4H3/b25-19-. The number of rotatable bonds is 9. The van der Waals surface area contributed by atoms with E-state index in [9.17, 15) is 18.0 Å². The van der Waals surface area contributed by atoms with Gasteiger partial charge in [0.15, 0.2) is 18.1 Å². The van der Waals surface area contributed by atoms with E-state index in [2.05, 4.69) is 0 Å². The van der Waals surface area contributed by atoms with Gasteiger partial charge < -0.3 is 23.8 Å². The zero-order chi connectivity index (χ0) is 34.0. The Morgan fingerprint density at radius 2 is 1.54 bits per heavy atom. The highest BCUT2D eigenvalue weighted by molar-refractivity contribution is 7.89. The molecule has 48 heavy (non-hydrogen) atoms. The smallest absolute Gasteiger partial charge is 0.339 e. The molecule has 0 saturated carbocycles. The molecular weight excluding hydrogens is 634 g/mol. The van der Waals surface area contributed by atoms with Crippen LogP contribution < -0.4 is 14.2 Å². The molecule has 2 aliphatic rings. The van der Waals surface area contributed by atoms with Crippen LogP contribution in [0.5, 0.6) is 17.2 Å². The van der Waals surface area contributed by atoms with E-state index in [-0.39, 0.29) is 37.0 Å². The number of benzene rings is 3. The van der Waals surface area contributed by atoms with Crippen molar-refractivity contribution in [2.75, 3.05) is 54.1 Å². The van der Waals surface area contributed by atoms with Crippen LogP contribution >= 0.6 is 0 Å². The van der Waals surface area contributed by atoms with Crippen LogP contribution in [0.4, 0.5) is 0 Å². The van der Waals surface area contributed by atoms with E-state index in [0.717, 1.165) is 22.3 Å². The van der Waals surface area contributed by atoms with Crippen molar-refractivity contribution in [3.8, 4) is 17.2 Å². The van der Waals surface area contributed by atoms with E-state index in [1.54, 1.807) is 45.6 Å². The Morgan fingerprint density at radius 1 is 0.875 bits per heavy atom. The molecule has 0 bridgehead atoms. The first-order chi connectivity index (χ1) is 23.1. The highest BCUT2D eigenvalue weighted by Crippen LogP contribution is 2.41. The Bertz CT molecular complexity index is 1990. The van der Waals surface area contributed by atoms with Crippen LogP contribution in [-0.2, 0) is 26.0 Å². The summed E-state index contributed by atoms with van der Waals surface area (Å²) in [4.78, 5) is 33.5. The number of nitrogens with zero attached hydrogens (tertiary/aromatic N) is 3. The van der Waals surface area contributed by atoms with Gasteiger partial charge in [0.25, 0.3) is 5.91 Å². The van der Waals surface area contributed by atoms with E-state index in [1.807, 2.05) is 49.4 Å². The quantitative estimate of drug-likeness (QED) is 0.232. The molecule has 1 aromatic heterocycles. The number of ether oxygens (including phenoxy) is 4. The van der Waals surface area contributed by atoms with Gasteiger partial charge in [-0.2, -0.15) is 4.31 Å². The first-order valence-electron chi connectivity index (χ1n) is 15.6. The number of allylic oxidation sites excluding steroid dienone is 1. The third-order valence-corrected chi connectivity index (χ3v) is 10.7. The largest absolute Gasteiger partial charge is 0.493 e. The Morgan fingerprint density at radius 3 is 2.19 bits per heavy atom. The minimum atomic E-state index is -3.67. The zero-order valence-electron chi connectivity index (χ0n) is 27.3. The number of piperazine rings is 1. The number of fused-ring (bicyclic) bond motifs is 2. The molecule has 1 saturated heterocycles. The van der Waals surface area contributed by atoms with Gasteiger partial charge in [-0.3, -0.25) is 4.79 Å². The van der Waals surface area contributed by atoms with Gasteiger partial charge in [0.2, 0.25) is 15.8 Å². The van der Waals surface area contributed by atoms with Crippen molar-refractivity contribution in [3.63, 3.8) is 0 Å². The van der Waals surface area contributed by atoms with Gasteiger partial charge in [-0.15, -0.1) is 0 Å². The number of pyridine rings is 1. The van der Waals surface area contributed by atoms with Crippen molar-refractivity contribution in [3.05, 3.63) is 88.6 Å². The fourth-order valence-electron chi connectivity index (χ4n) is 6.23. The van der Waals surface area contributed by atoms with Crippen molar-refractivity contribution in [2.45, 2.75) is 24.7 Å². The molecule has 1 aliphatic carbocycles. The molecule has 2 heterocycles. The Labute approximate surface area is 279 Å². The minimum Gasteiger partial charge on any atom is -0.493 e. The minimum absolute atomic E-state index is 0.152. The number of amides is 1. The molecule has 0 radical (unpaired) electrons. The Kier molecular flexibility index (Phi) is 9.38. The number of hydrogen-bond acceptors (Lipinski definition) is 9. The number of para-hydroxylation sites is 1. The molecule has 1 fully saturated rings. The van der Waals surface area contributed by atoms with E-state index in [0.29, 0.717) is 52.3 Å². The van der Waals surface area contributed by atoms with Crippen molar-refractivity contribution in [1.29, 1.82) is 0 Å². The Balaban J connectivity index is 1.19. The second-order valence-corrected chi connectivity index (χ2v) is 13.6. The summed E-state index contributed by atoms with van der Waals surface area (Å²) in [6.07, 6.45) is 3.21. The number of esters is 1. The number of hydrogen-bond donors (Lipinski definition) is 0. The number of carbonyl (C=O) groups is 2. The van der Waals surface area contributed by atoms with Gasteiger partial charge in [0.1, 0.15) is 0 Å². The van der Waals surface area contributed by atoms with Crippen LogP contribution in [0.15, 0.2) is 65.6 Å². The number of methoxy groups -OCH3 is 3. The summed E-state index contributed by atoms with van der Waals surface area (Å²) >= 11 is 0.